The van der Waals surface area contributed by atoms with E-state index in [4.69, 9.17) is 0 Å². The number of amides is 2. The van der Waals surface area contributed by atoms with E-state index in [9.17, 15) is 9.18 Å². The second-order valence-corrected chi connectivity index (χ2v) is 4.62. The molecular formula is C11H19FN2O. The van der Waals surface area contributed by atoms with E-state index in [0.717, 1.165) is 12.8 Å². The van der Waals surface area contributed by atoms with E-state index in [1.54, 1.807) is 4.90 Å². The lowest BCUT2D eigenvalue weighted by Crippen LogP contribution is -2.44. The molecule has 3 nitrogen and oxygen atoms in total. The van der Waals surface area contributed by atoms with Crippen LogP contribution in [0.1, 0.15) is 38.5 Å². The van der Waals surface area contributed by atoms with Crippen molar-refractivity contribution in [1.29, 1.82) is 0 Å². The Labute approximate surface area is 90.0 Å². The smallest absolute Gasteiger partial charge is 0.317 e. The van der Waals surface area contributed by atoms with E-state index in [-0.39, 0.29) is 12.6 Å². The van der Waals surface area contributed by atoms with Crippen LogP contribution in [0.3, 0.4) is 0 Å². The maximum atomic E-state index is 12.9. The van der Waals surface area contributed by atoms with Crippen molar-refractivity contribution in [3.8, 4) is 0 Å². The predicted octanol–water partition coefficient (Wildman–Crippen LogP) is 2.07. The highest BCUT2D eigenvalue weighted by Crippen LogP contribution is 2.18. The lowest BCUT2D eigenvalue weighted by atomic mass is 9.96. The average molecular weight is 214 g/mol. The molecular weight excluding hydrogens is 195 g/mol. The van der Waals surface area contributed by atoms with Crippen LogP contribution < -0.4 is 5.32 Å². The van der Waals surface area contributed by atoms with Gasteiger partial charge in [0, 0.05) is 12.6 Å². The molecule has 0 unspecified atom stereocenters. The van der Waals surface area contributed by atoms with Crippen LogP contribution in [-0.2, 0) is 0 Å². The quantitative estimate of drug-likeness (QED) is 0.712. The van der Waals surface area contributed by atoms with Gasteiger partial charge in [-0.15, -0.1) is 0 Å². The van der Waals surface area contributed by atoms with Crippen molar-refractivity contribution in [1.82, 2.24) is 10.2 Å². The molecule has 1 atom stereocenters. The van der Waals surface area contributed by atoms with Crippen LogP contribution in [-0.4, -0.2) is 36.2 Å². The molecule has 1 aliphatic heterocycles. The topological polar surface area (TPSA) is 32.3 Å². The lowest BCUT2D eigenvalue weighted by Gasteiger charge is -2.25. The number of nitrogens with one attached hydrogen (secondary N) is 1. The van der Waals surface area contributed by atoms with Gasteiger partial charge in [-0.05, 0) is 19.3 Å². The van der Waals surface area contributed by atoms with E-state index < -0.39 is 6.17 Å². The molecule has 0 spiro atoms. The van der Waals surface area contributed by atoms with Gasteiger partial charge in [0.15, 0.2) is 0 Å². The Balaban J connectivity index is 1.76. The number of hydrogen-bond acceptors (Lipinski definition) is 1. The van der Waals surface area contributed by atoms with Crippen molar-refractivity contribution >= 4 is 6.03 Å². The minimum Gasteiger partial charge on any atom is -0.335 e. The number of hydrogen-bond donors (Lipinski definition) is 1. The first-order valence-corrected chi connectivity index (χ1v) is 5.95. The van der Waals surface area contributed by atoms with Crippen molar-refractivity contribution in [2.45, 2.75) is 50.7 Å². The summed E-state index contributed by atoms with van der Waals surface area (Å²) in [5.74, 6) is 0. The highest BCUT2D eigenvalue weighted by molar-refractivity contribution is 5.74. The third-order valence-corrected chi connectivity index (χ3v) is 3.35. The zero-order valence-corrected chi connectivity index (χ0v) is 9.04. The minimum absolute atomic E-state index is 0.0675. The largest absolute Gasteiger partial charge is 0.335 e. The van der Waals surface area contributed by atoms with E-state index in [1.807, 2.05) is 0 Å². The van der Waals surface area contributed by atoms with Crippen LogP contribution >= 0.6 is 0 Å². The molecule has 2 rings (SSSR count). The van der Waals surface area contributed by atoms with Gasteiger partial charge in [0.05, 0.1) is 6.54 Å². The SMILES string of the molecule is O=C(NC1CCCCC1)N1CC[C@H](F)C1. The molecule has 0 radical (unpaired) electrons. The number of likely N-dealkylation sites (tertiary alicyclic amines) is 1. The maximum absolute atomic E-state index is 12.9. The fourth-order valence-electron chi connectivity index (χ4n) is 2.41. The molecule has 4 heteroatoms. The summed E-state index contributed by atoms with van der Waals surface area (Å²) in [5.41, 5.74) is 0. The maximum Gasteiger partial charge on any atom is 0.317 e. The Morgan fingerprint density at radius 3 is 2.53 bits per heavy atom. The Hall–Kier alpha value is -0.800. The molecule has 0 bridgehead atoms. The zero-order chi connectivity index (χ0) is 10.7. The molecule has 0 aromatic rings. The van der Waals surface area contributed by atoms with Gasteiger partial charge in [0.2, 0.25) is 0 Å². The van der Waals surface area contributed by atoms with Crippen LogP contribution in [0.5, 0.6) is 0 Å². The van der Waals surface area contributed by atoms with Crippen molar-refractivity contribution in [2.75, 3.05) is 13.1 Å². The molecule has 86 valence electrons. The summed E-state index contributed by atoms with van der Waals surface area (Å²) in [7, 11) is 0. The number of halogens is 1. The van der Waals surface area contributed by atoms with Gasteiger partial charge in [0.25, 0.3) is 0 Å². The van der Waals surface area contributed by atoms with Crippen LogP contribution in [0.2, 0.25) is 0 Å². The summed E-state index contributed by atoms with van der Waals surface area (Å²) >= 11 is 0. The van der Waals surface area contributed by atoms with Gasteiger partial charge in [0.1, 0.15) is 6.17 Å². The summed E-state index contributed by atoms with van der Waals surface area (Å²) < 4.78 is 12.9. The summed E-state index contributed by atoms with van der Waals surface area (Å²) in [5, 5.41) is 3.00. The molecule has 2 aliphatic rings. The fourth-order valence-corrected chi connectivity index (χ4v) is 2.41. The summed E-state index contributed by atoms with van der Waals surface area (Å²) in [4.78, 5) is 13.3. The van der Waals surface area contributed by atoms with Crippen LogP contribution in [0.4, 0.5) is 9.18 Å². The Kier molecular flexibility index (Phi) is 3.44. The fraction of sp³-hybridized carbons (Fsp3) is 0.909. The summed E-state index contributed by atoms with van der Waals surface area (Å²) in [6.45, 7) is 0.846. The monoisotopic (exact) mass is 214 g/mol. The Morgan fingerprint density at radius 2 is 1.93 bits per heavy atom. The molecule has 15 heavy (non-hydrogen) atoms. The predicted molar refractivity (Wildman–Crippen MR) is 56.5 cm³/mol. The van der Waals surface area contributed by atoms with E-state index in [2.05, 4.69) is 5.32 Å². The highest BCUT2D eigenvalue weighted by atomic mass is 19.1. The van der Waals surface area contributed by atoms with Gasteiger partial charge >= 0.3 is 6.03 Å². The van der Waals surface area contributed by atoms with Crippen molar-refractivity contribution in [3.63, 3.8) is 0 Å². The summed E-state index contributed by atoms with van der Waals surface area (Å²) in [6.07, 6.45) is 5.54. The lowest BCUT2D eigenvalue weighted by molar-refractivity contribution is 0.196. The molecule has 2 fully saturated rings. The molecule has 1 saturated carbocycles. The second kappa shape index (κ2) is 4.81. The van der Waals surface area contributed by atoms with E-state index in [0.29, 0.717) is 19.0 Å². The number of alkyl halides is 1. The minimum atomic E-state index is -0.817. The van der Waals surface area contributed by atoms with Gasteiger partial charge < -0.3 is 10.2 Å². The molecule has 1 aliphatic carbocycles. The van der Waals surface area contributed by atoms with Crippen LogP contribution in [0, 0.1) is 0 Å². The number of carbonyl (C=O) groups is 1. The van der Waals surface area contributed by atoms with Crippen molar-refractivity contribution in [2.24, 2.45) is 0 Å². The first kappa shape index (κ1) is 10.7. The average Bonchev–Trinajstić information content (AvgIpc) is 2.66. The van der Waals surface area contributed by atoms with Crippen molar-refractivity contribution < 1.29 is 9.18 Å². The van der Waals surface area contributed by atoms with Crippen LogP contribution in [0.15, 0.2) is 0 Å². The van der Waals surface area contributed by atoms with E-state index >= 15 is 0 Å². The number of nitrogens with zero attached hydrogens (tertiary/aromatic N) is 1. The second-order valence-electron chi connectivity index (χ2n) is 4.62. The van der Waals surface area contributed by atoms with Gasteiger partial charge in [-0.2, -0.15) is 0 Å². The normalized spacial score (nSPS) is 28.1. The first-order valence-electron chi connectivity index (χ1n) is 5.95. The van der Waals surface area contributed by atoms with Crippen LogP contribution in [0.25, 0.3) is 0 Å². The number of carbonyl (C=O) groups excluding carboxylic acids is 1. The molecule has 0 aromatic carbocycles. The zero-order valence-electron chi connectivity index (χ0n) is 9.04. The summed E-state index contributed by atoms with van der Waals surface area (Å²) in [6, 6.07) is 0.256. The third kappa shape index (κ3) is 2.83. The molecule has 0 aromatic heterocycles. The molecule has 2 amide bonds. The molecule has 1 saturated heterocycles. The van der Waals surface area contributed by atoms with Gasteiger partial charge in [-0.3, -0.25) is 0 Å². The van der Waals surface area contributed by atoms with Crippen molar-refractivity contribution in [3.05, 3.63) is 0 Å². The highest BCUT2D eigenvalue weighted by Gasteiger charge is 2.27. The van der Waals surface area contributed by atoms with E-state index in [1.165, 1.54) is 19.3 Å². The number of urea groups is 1. The standard InChI is InChI=1S/C11H19FN2O/c12-9-6-7-14(8-9)11(15)13-10-4-2-1-3-5-10/h9-10H,1-8H2,(H,13,15)/t9-/m0/s1. The third-order valence-electron chi connectivity index (χ3n) is 3.35. The van der Waals surface area contributed by atoms with Gasteiger partial charge in [-0.25, -0.2) is 9.18 Å². The van der Waals surface area contributed by atoms with Gasteiger partial charge in [-0.1, -0.05) is 19.3 Å². The molecule has 1 N–H and O–H groups in total. The Bertz CT molecular complexity index is 229. The molecule has 1 heterocycles. The Morgan fingerprint density at radius 1 is 1.20 bits per heavy atom. The first-order chi connectivity index (χ1) is 7.25. The number of rotatable bonds is 1.